The molecule has 3 rings (SSSR count). The second-order valence-electron chi connectivity index (χ2n) is 6.91. The van der Waals surface area contributed by atoms with E-state index in [1.54, 1.807) is 0 Å². The highest BCUT2D eigenvalue weighted by molar-refractivity contribution is 5.63. The van der Waals surface area contributed by atoms with Crippen LogP contribution in [0.25, 0.3) is 11.1 Å². The third-order valence-corrected chi connectivity index (χ3v) is 4.95. The van der Waals surface area contributed by atoms with Gasteiger partial charge in [-0.2, -0.15) is 0 Å². The minimum absolute atomic E-state index is 0.363. The highest BCUT2D eigenvalue weighted by Crippen LogP contribution is 2.29. The van der Waals surface area contributed by atoms with Crippen LogP contribution in [0.15, 0.2) is 54.6 Å². The van der Waals surface area contributed by atoms with E-state index in [1.807, 2.05) is 6.07 Å². The number of nitrogens with zero attached hydrogens (tertiary/aromatic N) is 1. The van der Waals surface area contributed by atoms with Crippen LogP contribution in [0.3, 0.4) is 0 Å². The van der Waals surface area contributed by atoms with Crippen molar-refractivity contribution >= 4 is 0 Å². The van der Waals surface area contributed by atoms with Crippen LogP contribution in [0.2, 0.25) is 0 Å². The van der Waals surface area contributed by atoms with E-state index in [2.05, 4.69) is 60.4 Å². The molecule has 0 bridgehead atoms. The molecule has 0 heterocycles. The molecule has 128 valence electrons. The van der Waals surface area contributed by atoms with Crippen molar-refractivity contribution in [3.63, 3.8) is 0 Å². The van der Waals surface area contributed by atoms with E-state index in [1.165, 1.54) is 43.4 Å². The van der Waals surface area contributed by atoms with Crippen molar-refractivity contribution in [2.45, 2.75) is 51.2 Å². The Balaban J connectivity index is 1.55. The number of aliphatic hydroxyl groups is 1. The lowest BCUT2D eigenvalue weighted by Crippen LogP contribution is -2.29. The highest BCUT2D eigenvalue weighted by atomic mass is 16.3. The van der Waals surface area contributed by atoms with Crippen molar-refractivity contribution in [3.8, 4) is 11.1 Å². The Hall–Kier alpha value is -1.64. The third-order valence-electron chi connectivity index (χ3n) is 4.95. The van der Waals surface area contributed by atoms with E-state index in [4.69, 9.17) is 0 Å². The first-order valence-electron chi connectivity index (χ1n) is 9.35. The van der Waals surface area contributed by atoms with Gasteiger partial charge >= 0.3 is 0 Å². The van der Waals surface area contributed by atoms with Gasteiger partial charge in [0.1, 0.15) is 0 Å². The molecule has 1 saturated carbocycles. The van der Waals surface area contributed by atoms with Gasteiger partial charge in [-0.1, -0.05) is 67.9 Å². The molecule has 2 heteroatoms. The van der Waals surface area contributed by atoms with Crippen molar-refractivity contribution < 1.29 is 5.11 Å². The van der Waals surface area contributed by atoms with Crippen LogP contribution in [0.1, 0.15) is 50.7 Å². The molecular formula is C22H29NO. The summed E-state index contributed by atoms with van der Waals surface area (Å²) in [5.74, 6) is 0. The zero-order valence-electron chi connectivity index (χ0n) is 14.7. The Labute approximate surface area is 146 Å². The van der Waals surface area contributed by atoms with Gasteiger partial charge in [-0.05, 0) is 48.9 Å². The minimum atomic E-state index is -0.363. The van der Waals surface area contributed by atoms with Crippen molar-refractivity contribution in [1.29, 1.82) is 0 Å². The average Bonchev–Trinajstić information content (AvgIpc) is 3.47. The maximum Gasteiger partial charge on any atom is 0.0802 e. The SMILES string of the molecule is CCCCN(CCC(O)c1ccc(-c2ccccc2)cc1)C1CC1. The average molecular weight is 323 g/mol. The molecule has 2 aromatic rings. The molecule has 0 spiro atoms. The molecule has 1 N–H and O–H groups in total. The Morgan fingerprint density at radius 3 is 2.25 bits per heavy atom. The minimum Gasteiger partial charge on any atom is -0.388 e. The number of hydrogen-bond acceptors (Lipinski definition) is 2. The molecular weight excluding hydrogens is 294 g/mol. The molecule has 1 atom stereocenters. The summed E-state index contributed by atoms with van der Waals surface area (Å²) in [7, 11) is 0. The van der Waals surface area contributed by atoms with Gasteiger partial charge in [0.05, 0.1) is 6.10 Å². The second-order valence-corrected chi connectivity index (χ2v) is 6.91. The summed E-state index contributed by atoms with van der Waals surface area (Å²) in [6.07, 6.45) is 5.64. The van der Waals surface area contributed by atoms with E-state index in [0.29, 0.717) is 0 Å². The zero-order valence-corrected chi connectivity index (χ0v) is 14.7. The predicted molar refractivity (Wildman–Crippen MR) is 101 cm³/mol. The van der Waals surface area contributed by atoms with Gasteiger partial charge in [0.2, 0.25) is 0 Å². The first kappa shape index (κ1) is 17.2. The monoisotopic (exact) mass is 323 g/mol. The lowest BCUT2D eigenvalue weighted by atomic mass is 10.0. The van der Waals surface area contributed by atoms with Gasteiger partial charge in [0.25, 0.3) is 0 Å². The molecule has 1 aliphatic rings. The molecule has 0 amide bonds. The van der Waals surface area contributed by atoms with Crippen LogP contribution in [-0.2, 0) is 0 Å². The van der Waals surface area contributed by atoms with Gasteiger partial charge < -0.3 is 10.0 Å². The van der Waals surface area contributed by atoms with E-state index < -0.39 is 0 Å². The Morgan fingerprint density at radius 1 is 0.958 bits per heavy atom. The quantitative estimate of drug-likeness (QED) is 0.698. The number of unbranched alkanes of at least 4 members (excludes halogenated alkanes) is 1. The maximum atomic E-state index is 10.5. The summed E-state index contributed by atoms with van der Waals surface area (Å²) in [5, 5.41) is 10.5. The summed E-state index contributed by atoms with van der Waals surface area (Å²) >= 11 is 0. The Bertz CT molecular complexity index is 604. The van der Waals surface area contributed by atoms with E-state index in [-0.39, 0.29) is 6.10 Å². The summed E-state index contributed by atoms with van der Waals surface area (Å²) in [6.45, 7) is 4.43. The van der Waals surface area contributed by atoms with Crippen molar-refractivity contribution in [2.24, 2.45) is 0 Å². The van der Waals surface area contributed by atoms with Crippen LogP contribution in [0, 0.1) is 0 Å². The third kappa shape index (κ3) is 4.68. The predicted octanol–water partition coefficient (Wildman–Crippen LogP) is 5.04. The number of rotatable bonds is 9. The second kappa shape index (κ2) is 8.46. The van der Waals surface area contributed by atoms with Crippen LogP contribution in [0.5, 0.6) is 0 Å². The summed E-state index contributed by atoms with van der Waals surface area (Å²) < 4.78 is 0. The normalized spacial score (nSPS) is 15.6. The maximum absolute atomic E-state index is 10.5. The van der Waals surface area contributed by atoms with Crippen molar-refractivity contribution in [2.75, 3.05) is 13.1 Å². The Morgan fingerprint density at radius 2 is 1.62 bits per heavy atom. The fourth-order valence-electron chi connectivity index (χ4n) is 3.26. The standard InChI is InChI=1S/C22H29NO/c1-2-3-16-23(21-13-14-21)17-15-22(24)20-11-9-19(10-12-20)18-7-5-4-6-8-18/h4-12,21-22,24H,2-3,13-17H2,1H3. The fourth-order valence-corrected chi connectivity index (χ4v) is 3.26. The molecule has 1 unspecified atom stereocenters. The molecule has 2 aromatic carbocycles. The highest BCUT2D eigenvalue weighted by Gasteiger charge is 2.28. The summed E-state index contributed by atoms with van der Waals surface area (Å²) in [6, 6.07) is 19.5. The molecule has 0 saturated heterocycles. The molecule has 2 nitrogen and oxygen atoms in total. The van der Waals surface area contributed by atoms with Crippen LogP contribution in [-0.4, -0.2) is 29.1 Å². The lowest BCUT2D eigenvalue weighted by Gasteiger charge is -2.23. The number of aliphatic hydroxyl groups excluding tert-OH is 1. The van der Waals surface area contributed by atoms with Gasteiger partial charge in [0.15, 0.2) is 0 Å². The molecule has 0 radical (unpaired) electrons. The van der Waals surface area contributed by atoms with Gasteiger partial charge in [-0.3, -0.25) is 0 Å². The topological polar surface area (TPSA) is 23.5 Å². The fraction of sp³-hybridized carbons (Fsp3) is 0.455. The smallest absolute Gasteiger partial charge is 0.0802 e. The van der Waals surface area contributed by atoms with Crippen LogP contribution in [0.4, 0.5) is 0 Å². The lowest BCUT2D eigenvalue weighted by molar-refractivity contribution is 0.138. The molecule has 0 aliphatic heterocycles. The van der Waals surface area contributed by atoms with Crippen LogP contribution >= 0.6 is 0 Å². The summed E-state index contributed by atoms with van der Waals surface area (Å²) in [4.78, 5) is 2.57. The van der Waals surface area contributed by atoms with Gasteiger partial charge in [-0.25, -0.2) is 0 Å². The summed E-state index contributed by atoms with van der Waals surface area (Å²) in [5.41, 5.74) is 3.45. The van der Waals surface area contributed by atoms with E-state index in [0.717, 1.165) is 24.6 Å². The first-order chi connectivity index (χ1) is 11.8. The zero-order chi connectivity index (χ0) is 16.8. The van der Waals surface area contributed by atoms with Crippen molar-refractivity contribution in [1.82, 2.24) is 4.90 Å². The molecule has 1 fully saturated rings. The van der Waals surface area contributed by atoms with Gasteiger partial charge in [0, 0.05) is 12.6 Å². The van der Waals surface area contributed by atoms with E-state index >= 15 is 0 Å². The first-order valence-corrected chi connectivity index (χ1v) is 9.35. The molecule has 0 aromatic heterocycles. The van der Waals surface area contributed by atoms with Gasteiger partial charge in [-0.15, -0.1) is 0 Å². The van der Waals surface area contributed by atoms with Crippen molar-refractivity contribution in [3.05, 3.63) is 60.2 Å². The molecule has 1 aliphatic carbocycles. The largest absolute Gasteiger partial charge is 0.388 e. The Kier molecular flexibility index (Phi) is 6.06. The van der Waals surface area contributed by atoms with E-state index in [9.17, 15) is 5.11 Å². The number of hydrogen-bond donors (Lipinski definition) is 1. The van der Waals surface area contributed by atoms with Crippen LogP contribution < -0.4 is 0 Å². The number of benzene rings is 2. The molecule has 24 heavy (non-hydrogen) atoms.